The Morgan fingerprint density at radius 2 is 1.48 bits per heavy atom. The predicted octanol–water partition coefficient (Wildman–Crippen LogP) is 4.53. The number of alkyl halides is 7. The molecule has 0 aliphatic rings. The highest BCUT2D eigenvalue weighted by molar-refractivity contribution is 5.39. The third-order valence-electron chi connectivity index (χ3n) is 2.80. The number of rotatable bonds is 3. The molecule has 1 heterocycles. The summed E-state index contributed by atoms with van der Waals surface area (Å²) in [5.74, 6) is -8.12. The second-order valence-electron chi connectivity index (χ2n) is 4.38. The van der Waals surface area contributed by atoms with Gasteiger partial charge in [0.2, 0.25) is 0 Å². The van der Waals surface area contributed by atoms with E-state index in [1.54, 1.807) is 0 Å². The average Bonchev–Trinajstić information content (AvgIpc) is 2.86. The first-order valence-corrected chi connectivity index (χ1v) is 5.71. The van der Waals surface area contributed by atoms with Crippen molar-refractivity contribution in [2.75, 3.05) is 0 Å². The van der Waals surface area contributed by atoms with Gasteiger partial charge in [-0.05, 0) is 12.1 Å². The summed E-state index contributed by atoms with van der Waals surface area (Å²) in [7, 11) is 0. The molecular formula is C12H5F9N2. The maximum atomic E-state index is 13.7. The van der Waals surface area contributed by atoms with Crippen molar-refractivity contribution in [1.29, 1.82) is 0 Å². The van der Waals surface area contributed by atoms with E-state index in [2.05, 4.69) is 4.98 Å². The maximum absolute atomic E-state index is 13.7. The lowest BCUT2D eigenvalue weighted by Gasteiger charge is -2.12. The highest BCUT2D eigenvalue weighted by Crippen LogP contribution is 2.35. The number of hydrogen-bond acceptors (Lipinski definition) is 1. The Balaban J connectivity index is 2.51. The van der Waals surface area contributed by atoms with Crippen LogP contribution in [0.5, 0.6) is 0 Å². The van der Waals surface area contributed by atoms with Gasteiger partial charge in [0.1, 0.15) is 11.4 Å². The molecule has 0 spiro atoms. The fourth-order valence-electron chi connectivity index (χ4n) is 1.70. The summed E-state index contributed by atoms with van der Waals surface area (Å²) in [6, 6.07) is -0.104. The minimum Gasteiger partial charge on any atom is -0.300 e. The van der Waals surface area contributed by atoms with Gasteiger partial charge in [-0.1, -0.05) is 0 Å². The molecule has 1 aromatic carbocycles. The standard InChI is InChI=1S/C12H5F9N2/c13-6-1-5(12(19,20)21)2-7(14)9(6)23-3-8(22-4-23)11(17,18)10(15)16/h1-4,10H. The van der Waals surface area contributed by atoms with E-state index in [9.17, 15) is 39.5 Å². The van der Waals surface area contributed by atoms with E-state index in [0.29, 0.717) is 6.33 Å². The fourth-order valence-corrected chi connectivity index (χ4v) is 1.70. The number of halogens is 9. The Kier molecular flexibility index (Phi) is 4.07. The van der Waals surface area contributed by atoms with Gasteiger partial charge >= 0.3 is 18.5 Å². The van der Waals surface area contributed by atoms with Crippen molar-refractivity contribution >= 4 is 0 Å². The molecule has 1 aromatic heterocycles. The Labute approximate surface area is 122 Å². The van der Waals surface area contributed by atoms with Crippen molar-refractivity contribution in [1.82, 2.24) is 9.55 Å². The summed E-state index contributed by atoms with van der Waals surface area (Å²) in [5.41, 5.74) is -4.26. The highest BCUT2D eigenvalue weighted by atomic mass is 19.4. The molecule has 0 unspecified atom stereocenters. The van der Waals surface area contributed by atoms with Gasteiger partial charge in [0.05, 0.1) is 11.9 Å². The lowest BCUT2D eigenvalue weighted by Crippen LogP contribution is -2.23. The van der Waals surface area contributed by atoms with E-state index < -0.39 is 47.1 Å². The van der Waals surface area contributed by atoms with Crippen LogP contribution in [0.1, 0.15) is 11.3 Å². The maximum Gasteiger partial charge on any atom is 0.416 e. The van der Waals surface area contributed by atoms with Crippen molar-refractivity contribution in [2.24, 2.45) is 0 Å². The van der Waals surface area contributed by atoms with E-state index in [4.69, 9.17) is 0 Å². The molecule has 0 N–H and O–H groups in total. The Morgan fingerprint density at radius 3 is 1.91 bits per heavy atom. The van der Waals surface area contributed by atoms with Crippen LogP contribution in [-0.4, -0.2) is 16.0 Å². The summed E-state index contributed by atoms with van der Waals surface area (Å²) >= 11 is 0. The van der Waals surface area contributed by atoms with Crippen molar-refractivity contribution in [3.05, 3.63) is 47.5 Å². The van der Waals surface area contributed by atoms with Crippen LogP contribution >= 0.6 is 0 Å². The summed E-state index contributed by atoms with van der Waals surface area (Å²) in [6.45, 7) is 0. The third-order valence-corrected chi connectivity index (χ3v) is 2.80. The largest absolute Gasteiger partial charge is 0.416 e. The van der Waals surface area contributed by atoms with Gasteiger partial charge in [-0.15, -0.1) is 0 Å². The first-order chi connectivity index (χ1) is 10.4. The van der Waals surface area contributed by atoms with E-state index >= 15 is 0 Å². The number of benzene rings is 1. The zero-order valence-corrected chi connectivity index (χ0v) is 10.7. The fraction of sp³-hybridized carbons (Fsp3) is 0.250. The van der Waals surface area contributed by atoms with Gasteiger partial charge in [-0.25, -0.2) is 22.5 Å². The molecule has 2 nitrogen and oxygen atoms in total. The molecule has 2 aromatic rings. The van der Waals surface area contributed by atoms with Gasteiger partial charge in [0.15, 0.2) is 11.6 Å². The molecule has 126 valence electrons. The van der Waals surface area contributed by atoms with Crippen LogP contribution in [0.25, 0.3) is 5.69 Å². The molecule has 0 amide bonds. The third kappa shape index (κ3) is 3.13. The minimum atomic E-state index is -5.02. The molecular weight excluding hydrogens is 343 g/mol. The van der Waals surface area contributed by atoms with Crippen LogP contribution in [0.15, 0.2) is 24.7 Å². The molecule has 23 heavy (non-hydrogen) atoms. The van der Waals surface area contributed by atoms with E-state index in [1.165, 1.54) is 0 Å². The minimum absolute atomic E-state index is 0.0522. The summed E-state index contributed by atoms with van der Waals surface area (Å²) in [6.07, 6.45) is -8.54. The predicted molar refractivity (Wildman–Crippen MR) is 58.4 cm³/mol. The van der Waals surface area contributed by atoms with E-state index in [0.717, 1.165) is 0 Å². The van der Waals surface area contributed by atoms with E-state index in [-0.39, 0.29) is 22.9 Å². The average molecular weight is 348 g/mol. The molecule has 0 bridgehead atoms. The first-order valence-electron chi connectivity index (χ1n) is 5.71. The zero-order valence-electron chi connectivity index (χ0n) is 10.7. The smallest absolute Gasteiger partial charge is 0.300 e. The van der Waals surface area contributed by atoms with Crippen LogP contribution in [0.3, 0.4) is 0 Å². The molecule has 0 saturated heterocycles. The summed E-state index contributed by atoms with van der Waals surface area (Å²) < 4.78 is 115. The first kappa shape index (κ1) is 17.2. The lowest BCUT2D eigenvalue weighted by atomic mass is 10.1. The van der Waals surface area contributed by atoms with Crippen LogP contribution in [-0.2, 0) is 12.1 Å². The topological polar surface area (TPSA) is 17.8 Å². The molecule has 0 aliphatic carbocycles. The zero-order chi connectivity index (χ0) is 17.6. The Hall–Kier alpha value is -2.20. The Bertz CT molecular complexity index is 695. The van der Waals surface area contributed by atoms with Crippen molar-refractivity contribution in [3.63, 3.8) is 0 Å². The van der Waals surface area contributed by atoms with Crippen molar-refractivity contribution < 1.29 is 39.5 Å². The number of aromatic nitrogens is 2. The quantitative estimate of drug-likeness (QED) is 0.746. The monoisotopic (exact) mass is 348 g/mol. The molecule has 0 aliphatic heterocycles. The Morgan fingerprint density at radius 1 is 0.957 bits per heavy atom. The van der Waals surface area contributed by atoms with Gasteiger partial charge in [0.25, 0.3) is 0 Å². The number of imidazole rings is 1. The molecule has 0 radical (unpaired) electrons. The van der Waals surface area contributed by atoms with Gasteiger partial charge in [-0.2, -0.15) is 22.0 Å². The highest BCUT2D eigenvalue weighted by Gasteiger charge is 2.45. The number of nitrogens with zero attached hydrogens (tertiary/aromatic N) is 2. The van der Waals surface area contributed by atoms with E-state index in [1.807, 2.05) is 0 Å². The second kappa shape index (κ2) is 5.46. The lowest BCUT2D eigenvalue weighted by molar-refractivity contribution is -0.138. The summed E-state index contributed by atoms with van der Waals surface area (Å²) in [4.78, 5) is 2.92. The summed E-state index contributed by atoms with van der Waals surface area (Å²) in [5, 5.41) is 0. The normalized spacial score (nSPS) is 13.0. The van der Waals surface area contributed by atoms with Crippen molar-refractivity contribution in [2.45, 2.75) is 18.5 Å². The van der Waals surface area contributed by atoms with Gasteiger partial charge < -0.3 is 4.57 Å². The van der Waals surface area contributed by atoms with Crippen LogP contribution in [0, 0.1) is 11.6 Å². The van der Waals surface area contributed by atoms with Gasteiger partial charge in [-0.3, -0.25) is 0 Å². The molecule has 11 heteroatoms. The molecule has 0 saturated carbocycles. The van der Waals surface area contributed by atoms with Crippen molar-refractivity contribution in [3.8, 4) is 5.69 Å². The van der Waals surface area contributed by atoms with Crippen LogP contribution in [0.2, 0.25) is 0 Å². The van der Waals surface area contributed by atoms with Gasteiger partial charge in [0, 0.05) is 6.20 Å². The molecule has 2 rings (SSSR count). The van der Waals surface area contributed by atoms with Crippen LogP contribution in [0.4, 0.5) is 39.5 Å². The second-order valence-corrected chi connectivity index (χ2v) is 4.38. The van der Waals surface area contributed by atoms with Crippen LogP contribution < -0.4 is 0 Å². The molecule has 0 fully saturated rings. The SMILES string of the molecule is Fc1cc(C(F)(F)F)cc(F)c1-n1cnc(C(F)(F)C(F)F)c1. The molecule has 0 atom stereocenters. The number of hydrogen-bond donors (Lipinski definition) is 0.